The van der Waals surface area contributed by atoms with Crippen molar-refractivity contribution in [1.29, 1.82) is 5.26 Å². The summed E-state index contributed by atoms with van der Waals surface area (Å²) in [6.07, 6.45) is 3.63. The zero-order chi connectivity index (χ0) is 17.9. The highest BCUT2D eigenvalue weighted by Gasteiger charge is 2.05. The lowest BCUT2D eigenvalue weighted by molar-refractivity contribution is 0.796. The normalized spacial score (nSPS) is 10.9. The summed E-state index contributed by atoms with van der Waals surface area (Å²) >= 11 is 0. The molecule has 0 spiro atoms. The van der Waals surface area contributed by atoms with E-state index in [1.807, 2.05) is 24.3 Å². The molecule has 0 heterocycles. The van der Waals surface area contributed by atoms with Crippen LogP contribution in [0.4, 0.5) is 0 Å². The average Bonchev–Trinajstić information content (AvgIpc) is 2.71. The summed E-state index contributed by atoms with van der Waals surface area (Å²) in [6, 6.07) is 27.9. The molecule has 0 unspecified atom stereocenters. The summed E-state index contributed by atoms with van der Waals surface area (Å²) in [5, 5.41) is 14.1. The van der Waals surface area contributed by atoms with Gasteiger partial charge in [-0.25, -0.2) is 0 Å². The van der Waals surface area contributed by atoms with Gasteiger partial charge in [0.05, 0.1) is 11.6 Å². The van der Waals surface area contributed by atoms with Crippen molar-refractivity contribution < 1.29 is 0 Å². The monoisotopic (exact) mass is 335 g/mol. The molecule has 0 amide bonds. The zero-order valence-electron chi connectivity index (χ0n) is 15.0. The van der Waals surface area contributed by atoms with E-state index in [9.17, 15) is 0 Å². The van der Waals surface area contributed by atoms with Crippen LogP contribution in [-0.4, -0.2) is 0 Å². The van der Waals surface area contributed by atoms with E-state index in [2.05, 4.69) is 61.5 Å². The molecular formula is C25H21N. The molecule has 4 aromatic carbocycles. The SMILES string of the molecule is CCCCc1ccc2c(ccc3cc(-c4ccc(C#N)cc4)ccc32)c1. The minimum absolute atomic E-state index is 0.694. The van der Waals surface area contributed by atoms with Crippen molar-refractivity contribution in [1.82, 2.24) is 0 Å². The molecular weight excluding hydrogens is 314 g/mol. The molecule has 0 aromatic heterocycles. The highest BCUT2D eigenvalue weighted by molar-refractivity contribution is 6.08. The molecule has 0 aliphatic carbocycles. The number of nitriles is 1. The molecule has 0 fully saturated rings. The van der Waals surface area contributed by atoms with Crippen LogP contribution in [0.2, 0.25) is 0 Å². The largest absolute Gasteiger partial charge is 0.192 e. The first-order chi connectivity index (χ1) is 12.8. The number of aryl methyl sites for hydroxylation is 1. The second-order valence-electron chi connectivity index (χ2n) is 6.85. The summed E-state index contributed by atoms with van der Waals surface area (Å²) in [4.78, 5) is 0. The predicted octanol–water partition coefficient (Wildman–Crippen LogP) is 6.87. The maximum absolute atomic E-state index is 8.96. The topological polar surface area (TPSA) is 23.8 Å². The summed E-state index contributed by atoms with van der Waals surface area (Å²) < 4.78 is 0. The van der Waals surface area contributed by atoms with Gasteiger partial charge in [0.25, 0.3) is 0 Å². The quantitative estimate of drug-likeness (QED) is 0.373. The Labute approximate surface area is 154 Å². The fraction of sp³-hybridized carbons (Fsp3) is 0.160. The molecule has 0 aliphatic rings. The van der Waals surface area contributed by atoms with Gasteiger partial charge >= 0.3 is 0 Å². The molecule has 0 saturated heterocycles. The van der Waals surface area contributed by atoms with Gasteiger partial charge in [-0.05, 0) is 69.3 Å². The lowest BCUT2D eigenvalue weighted by atomic mass is 9.95. The molecule has 1 nitrogen and oxygen atoms in total. The molecule has 4 aromatic rings. The minimum Gasteiger partial charge on any atom is -0.192 e. The lowest BCUT2D eigenvalue weighted by Gasteiger charge is -2.09. The number of nitrogens with zero attached hydrogens (tertiary/aromatic N) is 1. The Balaban J connectivity index is 1.76. The van der Waals surface area contributed by atoms with Crippen molar-refractivity contribution in [3.05, 3.63) is 83.9 Å². The second-order valence-corrected chi connectivity index (χ2v) is 6.85. The summed E-state index contributed by atoms with van der Waals surface area (Å²) in [5.74, 6) is 0. The molecule has 0 saturated carbocycles. The standard InChI is InChI=1S/C25H21N/c1-2-3-4-18-7-13-24-22(15-18)10-11-23-16-21(12-14-25(23)24)20-8-5-19(17-26)6-9-20/h5-16H,2-4H2,1H3. The van der Waals surface area contributed by atoms with Crippen molar-refractivity contribution in [2.75, 3.05) is 0 Å². The van der Waals surface area contributed by atoms with Crippen LogP contribution in [0.5, 0.6) is 0 Å². The number of fused-ring (bicyclic) bond motifs is 3. The Bertz CT molecular complexity index is 1110. The van der Waals surface area contributed by atoms with Crippen LogP contribution in [0.3, 0.4) is 0 Å². The van der Waals surface area contributed by atoms with Crippen molar-refractivity contribution in [2.45, 2.75) is 26.2 Å². The Kier molecular flexibility index (Phi) is 4.42. The first-order valence-corrected chi connectivity index (χ1v) is 9.24. The number of hydrogen-bond donors (Lipinski definition) is 0. The molecule has 0 atom stereocenters. The maximum Gasteiger partial charge on any atom is 0.0991 e. The third-order valence-electron chi connectivity index (χ3n) is 5.07. The Morgan fingerprint density at radius 3 is 2.08 bits per heavy atom. The lowest BCUT2D eigenvalue weighted by Crippen LogP contribution is -1.86. The third-order valence-corrected chi connectivity index (χ3v) is 5.07. The predicted molar refractivity (Wildman–Crippen MR) is 110 cm³/mol. The molecule has 0 bridgehead atoms. The van der Waals surface area contributed by atoms with Gasteiger partial charge in [-0.3, -0.25) is 0 Å². The molecule has 126 valence electrons. The first kappa shape index (κ1) is 16.4. The van der Waals surface area contributed by atoms with Crippen LogP contribution in [0.15, 0.2) is 72.8 Å². The smallest absolute Gasteiger partial charge is 0.0991 e. The summed E-state index contributed by atoms with van der Waals surface area (Å²) in [5.41, 5.74) is 4.44. The van der Waals surface area contributed by atoms with E-state index in [1.165, 1.54) is 45.5 Å². The molecule has 0 N–H and O–H groups in total. The van der Waals surface area contributed by atoms with Gasteiger partial charge in [-0.15, -0.1) is 0 Å². The van der Waals surface area contributed by atoms with E-state index in [0.29, 0.717) is 5.56 Å². The van der Waals surface area contributed by atoms with Gasteiger partial charge in [-0.2, -0.15) is 5.26 Å². The van der Waals surface area contributed by atoms with E-state index in [-0.39, 0.29) is 0 Å². The Hall–Kier alpha value is -3.11. The van der Waals surface area contributed by atoms with Gasteiger partial charge in [0.15, 0.2) is 0 Å². The van der Waals surface area contributed by atoms with Crippen LogP contribution >= 0.6 is 0 Å². The number of hydrogen-bond acceptors (Lipinski definition) is 1. The van der Waals surface area contributed by atoms with Crippen LogP contribution in [0, 0.1) is 11.3 Å². The Morgan fingerprint density at radius 2 is 1.38 bits per heavy atom. The molecule has 26 heavy (non-hydrogen) atoms. The average molecular weight is 335 g/mol. The van der Waals surface area contributed by atoms with Crippen LogP contribution in [0.1, 0.15) is 30.9 Å². The van der Waals surface area contributed by atoms with Crippen molar-refractivity contribution in [3.63, 3.8) is 0 Å². The first-order valence-electron chi connectivity index (χ1n) is 9.24. The van der Waals surface area contributed by atoms with Crippen molar-refractivity contribution in [2.24, 2.45) is 0 Å². The van der Waals surface area contributed by atoms with Crippen LogP contribution in [-0.2, 0) is 6.42 Å². The van der Waals surface area contributed by atoms with E-state index >= 15 is 0 Å². The summed E-state index contributed by atoms with van der Waals surface area (Å²) in [6.45, 7) is 2.24. The molecule has 0 radical (unpaired) electrons. The Morgan fingerprint density at radius 1 is 0.731 bits per heavy atom. The summed E-state index contributed by atoms with van der Waals surface area (Å²) in [7, 11) is 0. The van der Waals surface area contributed by atoms with Crippen molar-refractivity contribution >= 4 is 21.5 Å². The number of benzene rings is 4. The van der Waals surface area contributed by atoms with Crippen LogP contribution < -0.4 is 0 Å². The van der Waals surface area contributed by atoms with Gasteiger partial charge < -0.3 is 0 Å². The van der Waals surface area contributed by atoms with E-state index in [0.717, 1.165) is 12.0 Å². The van der Waals surface area contributed by atoms with Gasteiger partial charge in [0, 0.05) is 0 Å². The highest BCUT2D eigenvalue weighted by atomic mass is 14.2. The van der Waals surface area contributed by atoms with Crippen LogP contribution in [0.25, 0.3) is 32.7 Å². The zero-order valence-corrected chi connectivity index (χ0v) is 15.0. The highest BCUT2D eigenvalue weighted by Crippen LogP contribution is 2.30. The number of rotatable bonds is 4. The van der Waals surface area contributed by atoms with Crippen molar-refractivity contribution in [3.8, 4) is 17.2 Å². The second kappa shape index (κ2) is 7.02. The van der Waals surface area contributed by atoms with E-state index < -0.39 is 0 Å². The fourth-order valence-corrected chi connectivity index (χ4v) is 3.57. The van der Waals surface area contributed by atoms with E-state index in [4.69, 9.17) is 5.26 Å². The molecule has 0 aliphatic heterocycles. The molecule has 4 rings (SSSR count). The van der Waals surface area contributed by atoms with E-state index in [1.54, 1.807) is 0 Å². The maximum atomic E-state index is 8.96. The fourth-order valence-electron chi connectivity index (χ4n) is 3.57. The number of unbranched alkanes of at least 4 members (excludes halogenated alkanes) is 1. The van der Waals surface area contributed by atoms with Gasteiger partial charge in [0.2, 0.25) is 0 Å². The third kappa shape index (κ3) is 3.07. The minimum atomic E-state index is 0.694. The molecule has 1 heteroatoms. The van der Waals surface area contributed by atoms with Gasteiger partial charge in [-0.1, -0.05) is 67.9 Å². The van der Waals surface area contributed by atoms with Gasteiger partial charge in [0.1, 0.15) is 0 Å².